The van der Waals surface area contributed by atoms with Crippen LogP contribution in [0.15, 0.2) is 5.16 Å². The number of oxime groups is 1. The van der Waals surface area contributed by atoms with Crippen LogP contribution in [0.25, 0.3) is 0 Å². The van der Waals surface area contributed by atoms with Gasteiger partial charge in [0, 0.05) is 6.04 Å². The van der Waals surface area contributed by atoms with Crippen molar-refractivity contribution >= 4 is 6.21 Å². The van der Waals surface area contributed by atoms with Crippen molar-refractivity contribution in [2.75, 3.05) is 13.6 Å². The summed E-state index contributed by atoms with van der Waals surface area (Å²) in [6.07, 6.45) is 5.26. The van der Waals surface area contributed by atoms with Crippen LogP contribution in [0.1, 0.15) is 19.3 Å². The van der Waals surface area contributed by atoms with Gasteiger partial charge in [-0.15, -0.1) is 5.16 Å². The Labute approximate surface area is 61.3 Å². The van der Waals surface area contributed by atoms with E-state index in [-0.39, 0.29) is 0 Å². The first-order valence-electron chi connectivity index (χ1n) is 3.72. The van der Waals surface area contributed by atoms with Crippen molar-refractivity contribution in [1.82, 2.24) is 4.90 Å². The van der Waals surface area contributed by atoms with Crippen LogP contribution in [-0.4, -0.2) is 36.0 Å². The minimum absolute atomic E-state index is 0.360. The summed E-state index contributed by atoms with van der Waals surface area (Å²) in [7, 11) is 2.06. The Morgan fingerprint density at radius 2 is 2.40 bits per heavy atom. The topological polar surface area (TPSA) is 35.8 Å². The molecule has 3 heteroatoms. The molecule has 58 valence electrons. The van der Waals surface area contributed by atoms with Crippen molar-refractivity contribution in [2.45, 2.75) is 25.3 Å². The van der Waals surface area contributed by atoms with Crippen LogP contribution in [0.5, 0.6) is 0 Å². The molecule has 1 unspecified atom stereocenters. The summed E-state index contributed by atoms with van der Waals surface area (Å²) in [5.74, 6) is 0. The molecule has 0 radical (unpaired) electrons. The number of rotatable bonds is 1. The molecule has 1 rings (SSSR count). The van der Waals surface area contributed by atoms with E-state index in [1.165, 1.54) is 12.8 Å². The van der Waals surface area contributed by atoms with Gasteiger partial charge in [-0.25, -0.2) is 0 Å². The van der Waals surface area contributed by atoms with Crippen LogP contribution < -0.4 is 0 Å². The third-order valence-electron chi connectivity index (χ3n) is 2.07. The fourth-order valence-electron chi connectivity index (χ4n) is 1.37. The molecule has 1 atom stereocenters. The molecule has 1 heterocycles. The summed E-state index contributed by atoms with van der Waals surface area (Å²) >= 11 is 0. The lowest BCUT2D eigenvalue weighted by molar-refractivity contribution is 0.232. The zero-order chi connectivity index (χ0) is 7.40. The first kappa shape index (κ1) is 7.54. The van der Waals surface area contributed by atoms with Gasteiger partial charge in [-0.1, -0.05) is 6.42 Å². The summed E-state index contributed by atoms with van der Waals surface area (Å²) in [5.41, 5.74) is 0. The maximum absolute atomic E-state index is 8.28. The largest absolute Gasteiger partial charge is 0.411 e. The van der Waals surface area contributed by atoms with Gasteiger partial charge >= 0.3 is 0 Å². The third kappa shape index (κ3) is 1.70. The van der Waals surface area contributed by atoms with E-state index in [1.54, 1.807) is 6.21 Å². The molecule has 1 N–H and O–H groups in total. The highest BCUT2D eigenvalue weighted by atomic mass is 16.4. The fourth-order valence-corrected chi connectivity index (χ4v) is 1.37. The van der Waals surface area contributed by atoms with Gasteiger partial charge in [-0.2, -0.15) is 0 Å². The first-order valence-corrected chi connectivity index (χ1v) is 3.72. The SMILES string of the molecule is CN1CCCCC1/C=N/O. The van der Waals surface area contributed by atoms with Crippen LogP contribution in [0, 0.1) is 0 Å². The van der Waals surface area contributed by atoms with E-state index in [9.17, 15) is 0 Å². The van der Waals surface area contributed by atoms with E-state index in [4.69, 9.17) is 5.21 Å². The van der Waals surface area contributed by atoms with E-state index in [2.05, 4.69) is 17.1 Å². The Morgan fingerprint density at radius 1 is 1.60 bits per heavy atom. The predicted octanol–water partition coefficient (Wildman–Crippen LogP) is 0.931. The smallest absolute Gasteiger partial charge is 0.0607 e. The molecule has 0 aromatic heterocycles. The summed E-state index contributed by atoms with van der Waals surface area (Å²) in [5, 5.41) is 11.3. The van der Waals surface area contributed by atoms with E-state index in [1.807, 2.05) is 0 Å². The molecule has 1 fully saturated rings. The van der Waals surface area contributed by atoms with Gasteiger partial charge in [-0.3, -0.25) is 4.90 Å². The average molecular weight is 142 g/mol. The van der Waals surface area contributed by atoms with E-state index in [0.717, 1.165) is 13.0 Å². The van der Waals surface area contributed by atoms with Gasteiger partial charge in [0.25, 0.3) is 0 Å². The molecule has 0 saturated carbocycles. The van der Waals surface area contributed by atoms with Crippen LogP contribution >= 0.6 is 0 Å². The van der Waals surface area contributed by atoms with Crippen LogP contribution in [0.3, 0.4) is 0 Å². The van der Waals surface area contributed by atoms with Crippen molar-refractivity contribution in [3.05, 3.63) is 0 Å². The van der Waals surface area contributed by atoms with Gasteiger partial charge in [0.2, 0.25) is 0 Å². The summed E-state index contributed by atoms with van der Waals surface area (Å²) in [6, 6.07) is 0.360. The minimum Gasteiger partial charge on any atom is -0.411 e. The van der Waals surface area contributed by atoms with Crippen molar-refractivity contribution in [3.8, 4) is 0 Å². The first-order chi connectivity index (χ1) is 4.84. The Bertz CT molecular complexity index is 125. The number of piperidine rings is 1. The molecule has 0 aliphatic carbocycles. The van der Waals surface area contributed by atoms with Crippen molar-refractivity contribution < 1.29 is 5.21 Å². The molecule has 10 heavy (non-hydrogen) atoms. The second-order valence-electron chi connectivity index (χ2n) is 2.81. The Hall–Kier alpha value is -0.570. The lowest BCUT2D eigenvalue weighted by Gasteiger charge is -2.28. The highest BCUT2D eigenvalue weighted by Gasteiger charge is 2.16. The lowest BCUT2D eigenvalue weighted by atomic mass is 10.0. The van der Waals surface area contributed by atoms with Crippen LogP contribution in [-0.2, 0) is 0 Å². The van der Waals surface area contributed by atoms with Crippen molar-refractivity contribution in [2.24, 2.45) is 5.16 Å². The number of likely N-dealkylation sites (tertiary alicyclic amines) is 1. The Kier molecular flexibility index (Phi) is 2.68. The number of hydrogen-bond acceptors (Lipinski definition) is 3. The van der Waals surface area contributed by atoms with E-state index < -0.39 is 0 Å². The van der Waals surface area contributed by atoms with E-state index >= 15 is 0 Å². The molecule has 1 aliphatic heterocycles. The monoisotopic (exact) mass is 142 g/mol. The zero-order valence-corrected chi connectivity index (χ0v) is 6.32. The van der Waals surface area contributed by atoms with Gasteiger partial charge in [0.15, 0.2) is 0 Å². The lowest BCUT2D eigenvalue weighted by Crippen LogP contribution is -2.37. The third-order valence-corrected chi connectivity index (χ3v) is 2.07. The fraction of sp³-hybridized carbons (Fsp3) is 0.857. The van der Waals surface area contributed by atoms with E-state index in [0.29, 0.717) is 6.04 Å². The second kappa shape index (κ2) is 3.56. The molecule has 1 saturated heterocycles. The van der Waals surface area contributed by atoms with Crippen LogP contribution in [0.2, 0.25) is 0 Å². The molecule has 0 spiro atoms. The molecule has 1 aliphatic rings. The minimum atomic E-state index is 0.360. The Morgan fingerprint density at radius 3 is 3.00 bits per heavy atom. The summed E-state index contributed by atoms with van der Waals surface area (Å²) < 4.78 is 0. The average Bonchev–Trinajstić information content (AvgIpc) is 1.94. The highest BCUT2D eigenvalue weighted by molar-refractivity contribution is 5.63. The summed E-state index contributed by atoms with van der Waals surface area (Å²) in [6.45, 7) is 1.12. The molecule has 0 aromatic carbocycles. The quantitative estimate of drug-likeness (QED) is 0.336. The van der Waals surface area contributed by atoms with Crippen molar-refractivity contribution in [3.63, 3.8) is 0 Å². The highest BCUT2D eigenvalue weighted by Crippen LogP contribution is 2.12. The van der Waals surface area contributed by atoms with Crippen molar-refractivity contribution in [1.29, 1.82) is 0 Å². The van der Waals surface area contributed by atoms with Gasteiger partial charge in [-0.05, 0) is 26.4 Å². The molecule has 0 amide bonds. The second-order valence-corrected chi connectivity index (χ2v) is 2.81. The molecule has 0 aromatic rings. The maximum Gasteiger partial charge on any atom is 0.0607 e. The van der Waals surface area contributed by atoms with Crippen LogP contribution in [0.4, 0.5) is 0 Å². The van der Waals surface area contributed by atoms with Gasteiger partial charge in [0.05, 0.1) is 6.21 Å². The predicted molar refractivity (Wildman–Crippen MR) is 40.5 cm³/mol. The van der Waals surface area contributed by atoms with Gasteiger partial charge < -0.3 is 5.21 Å². The number of nitrogens with zero attached hydrogens (tertiary/aromatic N) is 2. The molecule has 0 bridgehead atoms. The normalized spacial score (nSPS) is 29.5. The van der Waals surface area contributed by atoms with Gasteiger partial charge in [0.1, 0.15) is 0 Å². The zero-order valence-electron chi connectivity index (χ0n) is 6.32. The molecular weight excluding hydrogens is 128 g/mol. The summed E-state index contributed by atoms with van der Waals surface area (Å²) in [4.78, 5) is 2.21. The maximum atomic E-state index is 8.28. The molecule has 3 nitrogen and oxygen atoms in total. The number of hydrogen-bond donors (Lipinski definition) is 1. The standard InChI is InChI=1S/C7H14N2O/c1-9-5-3-2-4-7(9)6-8-10/h6-7,10H,2-5H2,1H3/b8-6+. The Balaban J connectivity index is 2.39. The molecular formula is C7H14N2O.